The average molecular weight is 562 g/mol. The van der Waals surface area contributed by atoms with Crippen molar-refractivity contribution < 1.29 is 13.9 Å². The molecule has 0 N–H and O–H groups in total. The molecule has 1 atom stereocenters. The first kappa shape index (κ1) is 24.9. The summed E-state index contributed by atoms with van der Waals surface area (Å²) >= 11 is 0. The second kappa shape index (κ2) is 7.82. The molecule has 3 aliphatic rings. The summed E-state index contributed by atoms with van der Waals surface area (Å²) in [6, 6.07) is 35.9. The Morgan fingerprint density at radius 1 is 0.674 bits per heavy atom. The van der Waals surface area contributed by atoms with Gasteiger partial charge in [-0.2, -0.15) is 13.7 Å². The maximum absolute atomic E-state index is 6.85. The molecule has 0 bridgehead atoms. The first-order valence-corrected chi connectivity index (χ1v) is 15.3. The SMILES string of the molecule is CC(C)(C)c1ccc(-n2c3[n+]4c5c(cccc52)Oc2cc(C(C)(C)C)cc(c2-4)C32c3ccccc3-c3cccc[n+]32)cc1. The largest absolute Gasteiger partial charge is 0.448 e. The molecule has 1 unspecified atom stereocenters. The number of fused-ring (bicyclic) bond motifs is 7. The number of hydrogen-bond donors (Lipinski definition) is 0. The van der Waals surface area contributed by atoms with Gasteiger partial charge >= 0.3 is 11.4 Å². The molecule has 6 aromatic rings. The number of ether oxygens (including phenoxy) is 1. The minimum absolute atomic E-state index is 0.0549. The topological polar surface area (TPSA) is 21.9 Å². The third kappa shape index (κ3) is 2.96. The summed E-state index contributed by atoms with van der Waals surface area (Å²) in [4.78, 5) is 0. The number of pyridine rings is 1. The Morgan fingerprint density at radius 3 is 2.19 bits per heavy atom. The molecule has 43 heavy (non-hydrogen) atoms. The van der Waals surface area contributed by atoms with Crippen molar-refractivity contribution in [2.45, 2.75) is 57.9 Å². The van der Waals surface area contributed by atoms with Crippen molar-refractivity contribution in [2.24, 2.45) is 0 Å². The lowest BCUT2D eigenvalue weighted by molar-refractivity contribution is -0.733. The Kier molecular flexibility index (Phi) is 4.52. The van der Waals surface area contributed by atoms with Gasteiger partial charge in [-0.3, -0.25) is 0 Å². The van der Waals surface area contributed by atoms with Gasteiger partial charge < -0.3 is 4.74 Å². The van der Waals surface area contributed by atoms with Gasteiger partial charge in [-0.15, -0.1) is 0 Å². The van der Waals surface area contributed by atoms with E-state index in [-0.39, 0.29) is 10.8 Å². The van der Waals surface area contributed by atoms with Crippen LogP contribution in [-0.4, -0.2) is 4.57 Å². The van der Waals surface area contributed by atoms with Gasteiger partial charge in [0, 0.05) is 12.1 Å². The minimum atomic E-state index is -0.592. The highest BCUT2D eigenvalue weighted by Gasteiger charge is 2.69. The van der Waals surface area contributed by atoms with Crippen molar-refractivity contribution in [1.29, 1.82) is 0 Å². The van der Waals surface area contributed by atoms with Gasteiger partial charge in [-0.05, 0) is 70.5 Å². The van der Waals surface area contributed by atoms with Crippen LogP contribution in [0, 0.1) is 0 Å². The van der Waals surface area contributed by atoms with Crippen molar-refractivity contribution in [2.75, 3.05) is 0 Å². The second-order valence-corrected chi connectivity index (χ2v) is 14.3. The summed E-state index contributed by atoms with van der Waals surface area (Å²) in [6.07, 6.45) is 2.27. The number of benzene rings is 4. The molecule has 4 heteroatoms. The highest BCUT2D eigenvalue weighted by Crippen LogP contribution is 2.55. The standard InChI is InChI=1S/C39H35N3O/c1-37(2,3)24-17-19-26(20-18-24)41-31-15-11-16-32-35(31)42-34-29(22-25(38(4,5)6)23-33(34)43-32)39(36(41)42)28-13-8-7-12-27(28)30-14-9-10-21-40(30)39/h7-23H,1-6H3/q+2. The van der Waals surface area contributed by atoms with Gasteiger partial charge in [0.15, 0.2) is 28.9 Å². The predicted octanol–water partition coefficient (Wildman–Crippen LogP) is 8.03. The fraction of sp³-hybridized carbons (Fsp3) is 0.231. The molecule has 5 heterocycles. The number of nitrogens with zero attached hydrogens (tertiary/aromatic N) is 3. The summed E-state index contributed by atoms with van der Waals surface area (Å²) in [7, 11) is 0. The Balaban J connectivity index is 1.51. The Morgan fingerprint density at radius 2 is 1.42 bits per heavy atom. The molecule has 0 amide bonds. The molecular weight excluding hydrogens is 526 g/mol. The van der Waals surface area contributed by atoms with Crippen molar-refractivity contribution in [3.8, 4) is 34.1 Å². The van der Waals surface area contributed by atoms with E-state index in [1.165, 1.54) is 39.3 Å². The van der Waals surface area contributed by atoms with Crippen LogP contribution in [-0.2, 0) is 16.4 Å². The van der Waals surface area contributed by atoms with Crippen LogP contribution in [0.4, 0.5) is 0 Å². The molecule has 0 fully saturated rings. The molecule has 1 spiro atoms. The van der Waals surface area contributed by atoms with E-state index in [1.54, 1.807) is 0 Å². The molecule has 0 saturated carbocycles. The van der Waals surface area contributed by atoms with Crippen molar-refractivity contribution in [1.82, 2.24) is 4.57 Å². The van der Waals surface area contributed by atoms with Crippen LogP contribution in [0.15, 0.2) is 103 Å². The van der Waals surface area contributed by atoms with Crippen LogP contribution < -0.4 is 13.9 Å². The van der Waals surface area contributed by atoms with Crippen LogP contribution in [0.2, 0.25) is 0 Å². The van der Waals surface area contributed by atoms with Gasteiger partial charge in [-0.25, -0.2) is 0 Å². The Labute approximate surface area is 252 Å². The van der Waals surface area contributed by atoms with E-state index in [9.17, 15) is 0 Å². The van der Waals surface area contributed by atoms with Crippen molar-refractivity contribution in [3.63, 3.8) is 0 Å². The lowest BCUT2D eigenvalue weighted by atomic mass is 9.79. The number of aromatic nitrogens is 3. The smallest absolute Gasteiger partial charge is 0.352 e. The van der Waals surface area contributed by atoms with E-state index in [0.29, 0.717) is 0 Å². The third-order valence-corrected chi connectivity index (χ3v) is 9.77. The van der Waals surface area contributed by atoms with E-state index in [0.717, 1.165) is 33.9 Å². The summed E-state index contributed by atoms with van der Waals surface area (Å²) in [5.41, 5.74) is 11.6. The summed E-state index contributed by atoms with van der Waals surface area (Å²) in [5.74, 6) is 3.04. The summed E-state index contributed by atoms with van der Waals surface area (Å²) in [6.45, 7) is 13.7. The zero-order chi connectivity index (χ0) is 29.5. The predicted molar refractivity (Wildman–Crippen MR) is 170 cm³/mol. The van der Waals surface area contributed by atoms with E-state index in [4.69, 9.17) is 4.74 Å². The van der Waals surface area contributed by atoms with Crippen molar-refractivity contribution >= 4 is 11.0 Å². The third-order valence-electron chi connectivity index (χ3n) is 9.77. The van der Waals surface area contributed by atoms with Crippen molar-refractivity contribution in [3.05, 3.63) is 131 Å². The highest BCUT2D eigenvalue weighted by molar-refractivity contribution is 5.86. The van der Waals surface area contributed by atoms with E-state index < -0.39 is 5.54 Å². The molecule has 3 aliphatic heterocycles. The average Bonchev–Trinajstić information content (AvgIpc) is 3.59. The maximum atomic E-state index is 6.85. The number of imidazole rings is 1. The first-order chi connectivity index (χ1) is 20.6. The highest BCUT2D eigenvalue weighted by atomic mass is 16.5. The monoisotopic (exact) mass is 561 g/mol. The van der Waals surface area contributed by atoms with Gasteiger partial charge in [0.25, 0.3) is 0 Å². The van der Waals surface area contributed by atoms with Gasteiger partial charge in [-0.1, -0.05) is 77.9 Å². The first-order valence-electron chi connectivity index (χ1n) is 15.3. The van der Waals surface area contributed by atoms with Crippen LogP contribution in [0.3, 0.4) is 0 Å². The van der Waals surface area contributed by atoms with Crippen LogP contribution in [0.5, 0.6) is 11.5 Å². The molecule has 4 aromatic carbocycles. The van der Waals surface area contributed by atoms with E-state index in [2.05, 4.69) is 159 Å². The van der Waals surface area contributed by atoms with E-state index in [1.807, 2.05) is 0 Å². The van der Waals surface area contributed by atoms with Crippen LogP contribution >= 0.6 is 0 Å². The molecule has 2 aromatic heterocycles. The maximum Gasteiger partial charge on any atom is 0.352 e. The fourth-order valence-electron chi connectivity index (χ4n) is 7.71. The zero-order valence-electron chi connectivity index (χ0n) is 25.6. The molecule has 0 aliphatic carbocycles. The number of hydrogen-bond acceptors (Lipinski definition) is 1. The second-order valence-electron chi connectivity index (χ2n) is 14.3. The Hall–Kier alpha value is -4.70. The fourth-order valence-corrected chi connectivity index (χ4v) is 7.71. The van der Waals surface area contributed by atoms with Gasteiger partial charge in [0.2, 0.25) is 11.2 Å². The van der Waals surface area contributed by atoms with Gasteiger partial charge in [0.1, 0.15) is 5.69 Å². The molecule has 4 nitrogen and oxygen atoms in total. The molecule has 0 radical (unpaired) electrons. The molecule has 9 rings (SSSR count). The summed E-state index contributed by atoms with van der Waals surface area (Å²) in [5, 5.41) is 0. The zero-order valence-corrected chi connectivity index (χ0v) is 25.6. The van der Waals surface area contributed by atoms with Crippen LogP contribution in [0.1, 0.15) is 69.6 Å². The quantitative estimate of drug-likeness (QED) is 0.186. The van der Waals surface area contributed by atoms with E-state index >= 15 is 0 Å². The summed E-state index contributed by atoms with van der Waals surface area (Å²) < 4.78 is 14.4. The normalized spacial score (nSPS) is 17.3. The molecule has 210 valence electrons. The van der Waals surface area contributed by atoms with Gasteiger partial charge in [0.05, 0.1) is 16.7 Å². The lowest BCUT2D eigenvalue weighted by Gasteiger charge is -2.25. The van der Waals surface area contributed by atoms with Crippen LogP contribution in [0.25, 0.3) is 33.7 Å². The lowest BCUT2D eigenvalue weighted by Crippen LogP contribution is -2.57. The number of rotatable bonds is 1. The molecule has 0 saturated heterocycles. The number of para-hydroxylation sites is 1. The minimum Gasteiger partial charge on any atom is -0.448 e. The molecular formula is C39H35N3O+2. The Bertz CT molecular complexity index is 2130.